The molecular weight excluding hydrogens is 208 g/mol. The van der Waals surface area contributed by atoms with E-state index in [9.17, 15) is 0 Å². The minimum atomic E-state index is 0.345. The Kier molecular flexibility index (Phi) is 3.89. The Morgan fingerprint density at radius 3 is 2.53 bits per heavy atom. The van der Waals surface area contributed by atoms with Crippen LogP contribution >= 0.6 is 0 Å². The molecule has 0 aliphatic rings. The maximum absolute atomic E-state index is 4.03. The summed E-state index contributed by atoms with van der Waals surface area (Å²) in [7, 11) is 0. The highest BCUT2D eigenvalue weighted by Gasteiger charge is 2.04. The molecule has 0 spiro atoms. The van der Waals surface area contributed by atoms with Crippen molar-refractivity contribution < 1.29 is 0 Å². The second kappa shape index (κ2) is 5.60. The molecule has 0 amide bonds. The van der Waals surface area contributed by atoms with E-state index in [4.69, 9.17) is 0 Å². The predicted molar refractivity (Wildman–Crippen MR) is 70.7 cm³/mol. The molecule has 2 heteroatoms. The molecule has 0 aliphatic carbocycles. The van der Waals surface area contributed by atoms with Crippen LogP contribution in [0.1, 0.15) is 29.7 Å². The van der Waals surface area contributed by atoms with Gasteiger partial charge in [-0.25, -0.2) is 0 Å². The van der Waals surface area contributed by atoms with Gasteiger partial charge in [0.1, 0.15) is 0 Å². The van der Waals surface area contributed by atoms with E-state index in [0.717, 1.165) is 6.54 Å². The molecule has 0 unspecified atom stereocenters. The van der Waals surface area contributed by atoms with Crippen LogP contribution in [0.4, 0.5) is 0 Å². The Labute approximate surface area is 103 Å². The minimum absolute atomic E-state index is 0.345. The first-order valence-corrected chi connectivity index (χ1v) is 5.95. The third-order valence-electron chi connectivity index (χ3n) is 3.07. The summed E-state index contributed by atoms with van der Waals surface area (Å²) in [5, 5.41) is 3.53. The summed E-state index contributed by atoms with van der Waals surface area (Å²) in [5.41, 5.74) is 3.96. The molecule has 0 aliphatic heterocycles. The summed E-state index contributed by atoms with van der Waals surface area (Å²) in [6.45, 7) is 5.22. The number of hydrogen-bond donors (Lipinski definition) is 1. The van der Waals surface area contributed by atoms with Crippen LogP contribution in [0.3, 0.4) is 0 Å². The van der Waals surface area contributed by atoms with E-state index < -0.39 is 0 Å². The lowest BCUT2D eigenvalue weighted by Gasteiger charge is -2.15. The molecule has 1 atom stereocenters. The average molecular weight is 226 g/mol. The van der Waals surface area contributed by atoms with E-state index in [1.54, 1.807) is 0 Å². The van der Waals surface area contributed by atoms with Crippen molar-refractivity contribution in [2.75, 3.05) is 0 Å². The molecule has 0 radical (unpaired) electrons. The van der Waals surface area contributed by atoms with Crippen LogP contribution in [-0.2, 0) is 6.54 Å². The van der Waals surface area contributed by atoms with E-state index in [-0.39, 0.29) is 0 Å². The molecule has 1 aromatic heterocycles. The number of rotatable bonds is 4. The van der Waals surface area contributed by atoms with E-state index in [2.05, 4.69) is 60.5 Å². The molecule has 17 heavy (non-hydrogen) atoms. The van der Waals surface area contributed by atoms with Crippen LogP contribution in [0, 0.1) is 6.92 Å². The highest BCUT2D eigenvalue weighted by atomic mass is 14.9. The third kappa shape index (κ3) is 3.14. The van der Waals surface area contributed by atoms with Gasteiger partial charge in [-0.1, -0.05) is 24.3 Å². The van der Waals surface area contributed by atoms with E-state index >= 15 is 0 Å². The lowest BCUT2D eigenvalue weighted by atomic mass is 10.1. The van der Waals surface area contributed by atoms with Crippen LogP contribution in [0.5, 0.6) is 0 Å². The molecule has 0 saturated carbocycles. The number of aromatic nitrogens is 1. The van der Waals surface area contributed by atoms with Crippen molar-refractivity contribution in [1.82, 2.24) is 10.3 Å². The molecule has 1 heterocycles. The number of nitrogens with one attached hydrogen (secondary N) is 1. The van der Waals surface area contributed by atoms with Crippen molar-refractivity contribution in [3.8, 4) is 0 Å². The van der Waals surface area contributed by atoms with Gasteiger partial charge in [-0.3, -0.25) is 4.98 Å². The van der Waals surface area contributed by atoms with Crippen molar-refractivity contribution in [2.45, 2.75) is 26.4 Å². The van der Waals surface area contributed by atoms with Gasteiger partial charge < -0.3 is 5.32 Å². The molecule has 1 aromatic carbocycles. The maximum Gasteiger partial charge on any atom is 0.0296 e. The second-order valence-corrected chi connectivity index (χ2v) is 4.31. The summed E-state index contributed by atoms with van der Waals surface area (Å²) in [4.78, 5) is 4.03. The fourth-order valence-corrected chi connectivity index (χ4v) is 1.84. The zero-order valence-electron chi connectivity index (χ0n) is 10.4. The molecule has 0 fully saturated rings. The van der Waals surface area contributed by atoms with Crippen LogP contribution < -0.4 is 5.32 Å². The van der Waals surface area contributed by atoms with Crippen LogP contribution in [0.2, 0.25) is 0 Å². The Morgan fingerprint density at radius 2 is 1.82 bits per heavy atom. The Hall–Kier alpha value is -1.67. The number of pyridine rings is 1. The van der Waals surface area contributed by atoms with Crippen molar-refractivity contribution in [1.29, 1.82) is 0 Å². The zero-order valence-corrected chi connectivity index (χ0v) is 10.4. The number of aryl methyl sites for hydroxylation is 1. The van der Waals surface area contributed by atoms with Gasteiger partial charge in [-0.05, 0) is 42.7 Å². The van der Waals surface area contributed by atoms with Crippen molar-refractivity contribution in [3.05, 3.63) is 65.5 Å². The topological polar surface area (TPSA) is 24.9 Å². The highest BCUT2D eigenvalue weighted by molar-refractivity contribution is 5.25. The summed E-state index contributed by atoms with van der Waals surface area (Å²) in [5.74, 6) is 0. The smallest absolute Gasteiger partial charge is 0.0296 e. The van der Waals surface area contributed by atoms with Gasteiger partial charge in [0.25, 0.3) is 0 Å². The SMILES string of the molecule is Cc1ccccc1CN[C@@H](C)c1ccncc1. The Morgan fingerprint density at radius 1 is 1.12 bits per heavy atom. The first kappa shape index (κ1) is 11.8. The summed E-state index contributed by atoms with van der Waals surface area (Å²) in [6, 6.07) is 12.9. The third-order valence-corrected chi connectivity index (χ3v) is 3.07. The fraction of sp³-hybridized carbons (Fsp3) is 0.267. The Bertz CT molecular complexity index is 465. The Balaban J connectivity index is 1.97. The normalized spacial score (nSPS) is 12.4. The first-order chi connectivity index (χ1) is 8.27. The van der Waals surface area contributed by atoms with Crippen LogP contribution in [-0.4, -0.2) is 4.98 Å². The van der Waals surface area contributed by atoms with E-state index in [1.807, 2.05) is 12.4 Å². The lowest BCUT2D eigenvalue weighted by molar-refractivity contribution is 0.573. The van der Waals surface area contributed by atoms with E-state index in [0.29, 0.717) is 6.04 Å². The van der Waals surface area contributed by atoms with Crippen LogP contribution in [0.15, 0.2) is 48.8 Å². The molecule has 0 bridgehead atoms. The molecule has 88 valence electrons. The van der Waals surface area contributed by atoms with Gasteiger partial charge >= 0.3 is 0 Å². The molecular formula is C15H18N2. The van der Waals surface area contributed by atoms with Crippen molar-refractivity contribution in [3.63, 3.8) is 0 Å². The molecule has 0 saturated heterocycles. The fourth-order valence-electron chi connectivity index (χ4n) is 1.84. The van der Waals surface area contributed by atoms with Gasteiger partial charge in [0.15, 0.2) is 0 Å². The summed E-state index contributed by atoms with van der Waals surface area (Å²) < 4.78 is 0. The summed E-state index contributed by atoms with van der Waals surface area (Å²) in [6.07, 6.45) is 3.67. The molecule has 1 N–H and O–H groups in total. The van der Waals surface area contributed by atoms with Gasteiger partial charge in [-0.2, -0.15) is 0 Å². The van der Waals surface area contributed by atoms with Gasteiger partial charge in [0.05, 0.1) is 0 Å². The minimum Gasteiger partial charge on any atom is -0.306 e. The van der Waals surface area contributed by atoms with Gasteiger partial charge in [-0.15, -0.1) is 0 Å². The average Bonchev–Trinajstić information content (AvgIpc) is 2.38. The first-order valence-electron chi connectivity index (χ1n) is 5.95. The highest BCUT2D eigenvalue weighted by Crippen LogP contribution is 2.13. The lowest BCUT2D eigenvalue weighted by Crippen LogP contribution is -2.18. The van der Waals surface area contributed by atoms with Gasteiger partial charge in [0.2, 0.25) is 0 Å². The monoisotopic (exact) mass is 226 g/mol. The van der Waals surface area contributed by atoms with Crippen molar-refractivity contribution >= 4 is 0 Å². The maximum atomic E-state index is 4.03. The quantitative estimate of drug-likeness (QED) is 0.865. The van der Waals surface area contributed by atoms with Crippen LogP contribution in [0.25, 0.3) is 0 Å². The number of hydrogen-bond acceptors (Lipinski definition) is 2. The summed E-state index contributed by atoms with van der Waals surface area (Å²) >= 11 is 0. The molecule has 2 rings (SSSR count). The van der Waals surface area contributed by atoms with Crippen molar-refractivity contribution in [2.24, 2.45) is 0 Å². The van der Waals surface area contributed by atoms with E-state index in [1.165, 1.54) is 16.7 Å². The van der Waals surface area contributed by atoms with Gasteiger partial charge in [0, 0.05) is 25.0 Å². The largest absolute Gasteiger partial charge is 0.306 e. The predicted octanol–water partition coefficient (Wildman–Crippen LogP) is 3.24. The second-order valence-electron chi connectivity index (χ2n) is 4.31. The molecule has 2 aromatic rings. The number of benzene rings is 1. The zero-order chi connectivity index (χ0) is 12.1. The molecule has 2 nitrogen and oxygen atoms in total. The standard InChI is InChI=1S/C15H18N2/c1-12-5-3-4-6-15(12)11-17-13(2)14-7-9-16-10-8-14/h3-10,13,17H,11H2,1-2H3/t13-/m0/s1. The number of nitrogens with zero attached hydrogens (tertiary/aromatic N) is 1.